The largest absolute Gasteiger partial charge is 0.392 e. The van der Waals surface area contributed by atoms with E-state index in [4.69, 9.17) is 15.9 Å². The summed E-state index contributed by atoms with van der Waals surface area (Å²) in [7, 11) is 1.74. The lowest BCUT2D eigenvalue weighted by atomic mass is 10.1. The number of aliphatic hydroxyl groups excluding tert-OH is 2. The fourth-order valence-corrected chi connectivity index (χ4v) is 1.33. The van der Waals surface area contributed by atoms with Crippen molar-refractivity contribution in [2.75, 3.05) is 7.05 Å². The highest BCUT2D eigenvalue weighted by Crippen LogP contribution is 1.97. The summed E-state index contributed by atoms with van der Waals surface area (Å²) in [6.07, 6.45) is -0.394. The topological polar surface area (TPSA) is 113 Å². The van der Waals surface area contributed by atoms with E-state index < -0.39 is 18.2 Å². The molecule has 0 saturated heterocycles. The predicted octanol–water partition coefficient (Wildman–Crippen LogP) is 0.0297. The van der Waals surface area contributed by atoms with Gasteiger partial charge < -0.3 is 21.3 Å². The molecule has 0 saturated carbocycles. The van der Waals surface area contributed by atoms with E-state index in [9.17, 15) is 9.59 Å². The Kier molecular flexibility index (Phi) is 16.5. The number of aliphatic hydroxyl groups is 2. The number of rotatable bonds is 7. The van der Waals surface area contributed by atoms with Crippen LogP contribution in [0.2, 0.25) is 0 Å². The third-order valence-corrected chi connectivity index (χ3v) is 2.60. The Bertz CT molecular complexity index is 273. The third-order valence-electron chi connectivity index (χ3n) is 2.60. The molecule has 7 heteroatoms. The number of Topliss-reactive ketones (excluding diaryl/α,β-unsaturated/α-hetero) is 2. The highest BCUT2D eigenvalue weighted by Gasteiger charge is 2.13. The molecule has 0 heterocycles. The number of likely N-dealkylation sites (N-methyl/N-ethyl adjacent to an activating group) is 1. The number of nitrogens with one attached hydrogen (secondary N) is 1. The molecule has 5 N–H and O–H groups in total. The Morgan fingerprint density at radius 2 is 1.45 bits per heavy atom. The van der Waals surface area contributed by atoms with Crippen molar-refractivity contribution in [1.82, 2.24) is 5.32 Å². The van der Waals surface area contributed by atoms with Crippen LogP contribution >= 0.6 is 12.4 Å². The van der Waals surface area contributed by atoms with Gasteiger partial charge in [-0.05, 0) is 34.7 Å². The minimum atomic E-state index is -0.589. The van der Waals surface area contributed by atoms with Gasteiger partial charge >= 0.3 is 0 Å². The molecule has 4 atom stereocenters. The van der Waals surface area contributed by atoms with Crippen LogP contribution in [0.3, 0.4) is 0 Å². The van der Waals surface area contributed by atoms with E-state index in [-0.39, 0.29) is 36.4 Å². The molecule has 0 radical (unpaired) electrons. The first-order valence-electron chi connectivity index (χ1n) is 6.39. The number of halogens is 1. The summed E-state index contributed by atoms with van der Waals surface area (Å²) in [5.41, 5.74) is 5.35. The maximum absolute atomic E-state index is 10.6. The second kappa shape index (κ2) is 13.5. The molecular formula is C13H29ClN2O4. The second-order valence-electron chi connectivity index (χ2n) is 4.85. The van der Waals surface area contributed by atoms with Crippen molar-refractivity contribution >= 4 is 24.0 Å². The maximum atomic E-state index is 10.6. The Morgan fingerprint density at radius 3 is 1.55 bits per heavy atom. The lowest BCUT2D eigenvalue weighted by Gasteiger charge is -2.16. The molecular weight excluding hydrogens is 284 g/mol. The average molecular weight is 313 g/mol. The van der Waals surface area contributed by atoms with Gasteiger partial charge in [0.15, 0.2) is 0 Å². The van der Waals surface area contributed by atoms with Gasteiger partial charge in [0.25, 0.3) is 0 Å². The molecule has 122 valence electrons. The van der Waals surface area contributed by atoms with E-state index in [2.05, 4.69) is 5.32 Å². The highest BCUT2D eigenvalue weighted by atomic mass is 35.5. The number of hydrogen-bond donors (Lipinski definition) is 4. The third kappa shape index (κ3) is 15.5. The standard InChI is InChI=1S/C7H15NO2.C6H13NO2.ClH/c1-5(9)4-7(8-3)6(2)10;1-4(8)3-6(7)5(2)9;/h6-8,10H,4H2,1-3H3;5-6,9H,3,7H2,1-2H3;1H. The van der Waals surface area contributed by atoms with E-state index in [1.807, 2.05) is 0 Å². The summed E-state index contributed by atoms with van der Waals surface area (Å²) in [5, 5.41) is 20.7. The zero-order valence-corrected chi connectivity index (χ0v) is 13.7. The molecule has 0 aromatic heterocycles. The number of hydrogen-bond acceptors (Lipinski definition) is 6. The predicted molar refractivity (Wildman–Crippen MR) is 82.0 cm³/mol. The summed E-state index contributed by atoms with van der Waals surface area (Å²) in [5.74, 6) is 0.114. The van der Waals surface area contributed by atoms with Crippen molar-refractivity contribution in [1.29, 1.82) is 0 Å². The average Bonchev–Trinajstić information content (AvgIpc) is 2.25. The van der Waals surface area contributed by atoms with Gasteiger partial charge in [-0.15, -0.1) is 12.4 Å². The summed E-state index contributed by atoms with van der Waals surface area (Å²) >= 11 is 0. The zero-order chi connectivity index (χ0) is 15.6. The van der Waals surface area contributed by atoms with Gasteiger partial charge in [0, 0.05) is 24.9 Å². The fourth-order valence-electron chi connectivity index (χ4n) is 1.33. The van der Waals surface area contributed by atoms with Crippen molar-refractivity contribution in [3.8, 4) is 0 Å². The van der Waals surface area contributed by atoms with Crippen LogP contribution in [-0.2, 0) is 9.59 Å². The number of carbonyl (C=O) groups is 2. The van der Waals surface area contributed by atoms with Gasteiger partial charge in [-0.25, -0.2) is 0 Å². The molecule has 0 aliphatic carbocycles. The molecule has 0 aromatic carbocycles. The molecule has 0 spiro atoms. The van der Waals surface area contributed by atoms with Crippen LogP contribution in [0, 0.1) is 0 Å². The number of nitrogens with two attached hydrogens (primary N) is 1. The van der Waals surface area contributed by atoms with E-state index in [0.29, 0.717) is 6.42 Å². The Labute approximate surface area is 127 Å². The Balaban J connectivity index is -0.000000277. The van der Waals surface area contributed by atoms with Crippen molar-refractivity contribution in [2.24, 2.45) is 5.73 Å². The van der Waals surface area contributed by atoms with Gasteiger partial charge in [-0.2, -0.15) is 0 Å². The van der Waals surface area contributed by atoms with Gasteiger partial charge in [0.1, 0.15) is 11.6 Å². The van der Waals surface area contributed by atoms with Crippen LogP contribution < -0.4 is 11.1 Å². The smallest absolute Gasteiger partial charge is 0.131 e. The van der Waals surface area contributed by atoms with Gasteiger partial charge in [-0.1, -0.05) is 0 Å². The summed E-state index contributed by atoms with van der Waals surface area (Å²) in [6, 6.07) is -0.500. The quantitative estimate of drug-likeness (QED) is 0.527. The van der Waals surface area contributed by atoms with Crippen LogP contribution in [0.25, 0.3) is 0 Å². The zero-order valence-electron chi connectivity index (χ0n) is 12.9. The molecule has 0 fully saturated rings. The summed E-state index contributed by atoms with van der Waals surface area (Å²) in [6.45, 7) is 6.23. The van der Waals surface area contributed by atoms with Crippen molar-refractivity contribution < 1.29 is 19.8 Å². The van der Waals surface area contributed by atoms with Crippen LogP contribution in [0.1, 0.15) is 40.5 Å². The van der Waals surface area contributed by atoms with Crippen LogP contribution in [0.4, 0.5) is 0 Å². The monoisotopic (exact) mass is 312 g/mol. The molecule has 0 bridgehead atoms. The summed E-state index contributed by atoms with van der Waals surface area (Å²) < 4.78 is 0. The van der Waals surface area contributed by atoms with Crippen LogP contribution in [0.5, 0.6) is 0 Å². The van der Waals surface area contributed by atoms with Gasteiger partial charge in [-0.3, -0.25) is 9.59 Å². The first kappa shape index (κ1) is 24.5. The highest BCUT2D eigenvalue weighted by molar-refractivity contribution is 5.85. The number of carbonyl (C=O) groups excluding carboxylic acids is 2. The van der Waals surface area contributed by atoms with E-state index in [1.165, 1.54) is 13.8 Å². The van der Waals surface area contributed by atoms with E-state index >= 15 is 0 Å². The normalized spacial score (nSPS) is 15.8. The van der Waals surface area contributed by atoms with Crippen LogP contribution in [-0.4, -0.2) is 53.1 Å². The maximum Gasteiger partial charge on any atom is 0.131 e. The first-order chi connectivity index (χ1) is 8.61. The molecule has 0 aromatic rings. The van der Waals surface area contributed by atoms with Gasteiger partial charge in [0.2, 0.25) is 0 Å². The minimum absolute atomic E-state index is 0. The summed E-state index contributed by atoms with van der Waals surface area (Å²) in [4.78, 5) is 20.9. The van der Waals surface area contributed by atoms with E-state index in [1.54, 1.807) is 20.9 Å². The molecule has 0 rings (SSSR count). The molecule has 0 aliphatic rings. The Hall–Kier alpha value is -0.530. The minimum Gasteiger partial charge on any atom is -0.392 e. The fraction of sp³-hybridized carbons (Fsp3) is 0.846. The molecule has 0 aliphatic heterocycles. The van der Waals surface area contributed by atoms with Crippen molar-refractivity contribution in [2.45, 2.75) is 64.8 Å². The lowest BCUT2D eigenvalue weighted by molar-refractivity contribution is -0.118. The molecule has 0 amide bonds. The van der Waals surface area contributed by atoms with Crippen molar-refractivity contribution in [3.63, 3.8) is 0 Å². The Morgan fingerprint density at radius 1 is 1.05 bits per heavy atom. The SMILES string of the molecule is CC(=O)CC(N)C(C)O.CNC(CC(C)=O)C(C)O.Cl. The van der Waals surface area contributed by atoms with Gasteiger partial charge in [0.05, 0.1) is 12.2 Å². The lowest BCUT2D eigenvalue weighted by Crippen LogP contribution is -2.37. The van der Waals surface area contributed by atoms with Crippen molar-refractivity contribution in [3.05, 3.63) is 0 Å². The molecule has 6 nitrogen and oxygen atoms in total. The number of ketones is 2. The second-order valence-corrected chi connectivity index (χ2v) is 4.85. The first-order valence-corrected chi connectivity index (χ1v) is 6.39. The molecule has 4 unspecified atom stereocenters. The van der Waals surface area contributed by atoms with E-state index in [0.717, 1.165) is 0 Å². The molecule has 20 heavy (non-hydrogen) atoms. The van der Waals surface area contributed by atoms with Crippen LogP contribution in [0.15, 0.2) is 0 Å².